The highest BCUT2D eigenvalue weighted by molar-refractivity contribution is 14.1. The molecular formula is C20H14IN3O4S2. The summed E-state index contributed by atoms with van der Waals surface area (Å²) in [6, 6.07) is 15.5. The predicted molar refractivity (Wildman–Crippen MR) is 125 cm³/mol. The summed E-state index contributed by atoms with van der Waals surface area (Å²) in [5.74, 6) is 0.0511. The molecule has 0 saturated heterocycles. The van der Waals surface area contributed by atoms with E-state index < -0.39 is 10.1 Å². The quantitative estimate of drug-likeness (QED) is 0.177. The number of rotatable bonds is 4. The van der Waals surface area contributed by atoms with E-state index in [1.54, 1.807) is 61.5 Å². The Labute approximate surface area is 190 Å². The number of fused-ring (bicyclic) bond motifs is 1. The Morgan fingerprint density at radius 2 is 1.77 bits per heavy atom. The fourth-order valence-electron chi connectivity index (χ4n) is 2.87. The maximum atomic E-state index is 11.8. The SMILES string of the molecule is Cc1ccc2nc(-c3ccc(N=Nc4cc(I)ccc4O)cc3)sc2c1S(=O)(=O)O. The van der Waals surface area contributed by atoms with Crippen molar-refractivity contribution in [3.8, 4) is 16.3 Å². The van der Waals surface area contributed by atoms with Crippen LogP contribution >= 0.6 is 33.9 Å². The Bertz CT molecular complexity index is 1400. The standard InChI is InChI=1S/C20H14IN3O4S2/c1-11-2-8-15-18(19(11)30(26,27)28)29-20(22-15)12-3-6-14(7-4-12)23-24-16-10-13(21)5-9-17(16)25/h2-10,25H,1H3,(H,26,27,28). The highest BCUT2D eigenvalue weighted by Gasteiger charge is 2.20. The maximum Gasteiger partial charge on any atom is 0.296 e. The van der Waals surface area contributed by atoms with Gasteiger partial charge in [0.2, 0.25) is 0 Å². The van der Waals surface area contributed by atoms with E-state index in [9.17, 15) is 18.1 Å². The molecule has 0 amide bonds. The first-order valence-corrected chi connectivity index (χ1v) is 11.9. The number of thiazole rings is 1. The van der Waals surface area contributed by atoms with Gasteiger partial charge in [-0.1, -0.05) is 6.07 Å². The molecule has 0 unspecified atom stereocenters. The van der Waals surface area contributed by atoms with Crippen LogP contribution in [-0.2, 0) is 10.1 Å². The molecule has 0 bridgehead atoms. The second kappa shape index (κ2) is 8.02. The first-order chi connectivity index (χ1) is 14.2. The van der Waals surface area contributed by atoms with Crippen LogP contribution in [-0.4, -0.2) is 23.1 Å². The first-order valence-electron chi connectivity index (χ1n) is 8.61. The lowest BCUT2D eigenvalue weighted by Crippen LogP contribution is -2.00. The third-order valence-electron chi connectivity index (χ3n) is 4.29. The molecule has 10 heteroatoms. The summed E-state index contributed by atoms with van der Waals surface area (Å²) in [5, 5.41) is 18.7. The zero-order chi connectivity index (χ0) is 21.5. The Balaban J connectivity index is 1.67. The minimum Gasteiger partial charge on any atom is -0.506 e. The fraction of sp³-hybridized carbons (Fsp3) is 0.0500. The van der Waals surface area contributed by atoms with Crippen LogP contribution in [0.2, 0.25) is 0 Å². The lowest BCUT2D eigenvalue weighted by atomic mass is 10.2. The molecule has 3 aromatic carbocycles. The van der Waals surface area contributed by atoms with Crippen molar-refractivity contribution < 1.29 is 18.1 Å². The second-order valence-electron chi connectivity index (χ2n) is 6.43. The van der Waals surface area contributed by atoms with Crippen LogP contribution < -0.4 is 0 Å². The van der Waals surface area contributed by atoms with E-state index in [2.05, 4.69) is 37.8 Å². The van der Waals surface area contributed by atoms with Crippen molar-refractivity contribution in [1.29, 1.82) is 0 Å². The van der Waals surface area contributed by atoms with E-state index in [1.165, 1.54) is 11.3 Å². The number of nitrogens with zero attached hydrogens (tertiary/aromatic N) is 3. The summed E-state index contributed by atoms with van der Waals surface area (Å²) in [4.78, 5) is 4.39. The summed E-state index contributed by atoms with van der Waals surface area (Å²) in [5.41, 5.74) is 2.73. The van der Waals surface area contributed by atoms with Crippen molar-refractivity contribution in [1.82, 2.24) is 4.98 Å². The molecule has 0 spiro atoms. The third kappa shape index (κ3) is 4.21. The molecule has 0 radical (unpaired) electrons. The Morgan fingerprint density at radius 1 is 1.03 bits per heavy atom. The maximum absolute atomic E-state index is 11.8. The lowest BCUT2D eigenvalue weighted by Gasteiger charge is -2.02. The van der Waals surface area contributed by atoms with Gasteiger partial charge in [0.25, 0.3) is 10.1 Å². The van der Waals surface area contributed by atoms with Gasteiger partial charge in [-0.2, -0.15) is 13.5 Å². The number of halogens is 1. The molecule has 0 fully saturated rings. The number of hydrogen-bond acceptors (Lipinski definition) is 7. The van der Waals surface area contributed by atoms with Gasteiger partial charge in [0, 0.05) is 9.13 Å². The number of azo groups is 1. The van der Waals surface area contributed by atoms with E-state index >= 15 is 0 Å². The zero-order valence-corrected chi connectivity index (χ0v) is 19.2. The molecule has 1 heterocycles. The summed E-state index contributed by atoms with van der Waals surface area (Å²) in [7, 11) is -4.35. The number of phenols is 1. The molecule has 0 aliphatic carbocycles. The number of aromatic nitrogens is 1. The van der Waals surface area contributed by atoms with Crippen LogP contribution in [0.3, 0.4) is 0 Å². The zero-order valence-electron chi connectivity index (χ0n) is 15.4. The number of benzene rings is 3. The van der Waals surface area contributed by atoms with Gasteiger partial charge in [-0.15, -0.1) is 16.5 Å². The molecule has 152 valence electrons. The number of hydrogen-bond donors (Lipinski definition) is 2. The molecule has 0 aliphatic heterocycles. The van der Waals surface area contributed by atoms with Crippen LogP contribution in [0.1, 0.15) is 5.56 Å². The monoisotopic (exact) mass is 551 g/mol. The Hall–Kier alpha value is -2.41. The van der Waals surface area contributed by atoms with Crippen LogP contribution in [0.25, 0.3) is 20.8 Å². The average Bonchev–Trinajstić information content (AvgIpc) is 3.11. The van der Waals surface area contributed by atoms with Crippen molar-refractivity contribution in [3.63, 3.8) is 0 Å². The van der Waals surface area contributed by atoms with Crippen LogP contribution in [0.5, 0.6) is 5.75 Å². The summed E-state index contributed by atoms with van der Waals surface area (Å²) in [6.07, 6.45) is 0. The van der Waals surface area contributed by atoms with E-state index in [-0.39, 0.29) is 10.6 Å². The second-order valence-corrected chi connectivity index (χ2v) is 10.0. The van der Waals surface area contributed by atoms with Crippen LogP contribution in [0.15, 0.2) is 69.7 Å². The van der Waals surface area contributed by atoms with E-state index in [4.69, 9.17) is 0 Å². The molecule has 0 atom stereocenters. The van der Waals surface area contributed by atoms with Gasteiger partial charge in [0.05, 0.1) is 15.9 Å². The highest BCUT2D eigenvalue weighted by atomic mass is 127. The van der Waals surface area contributed by atoms with Gasteiger partial charge in [0.15, 0.2) is 0 Å². The van der Waals surface area contributed by atoms with E-state index in [0.717, 1.165) is 9.13 Å². The summed E-state index contributed by atoms with van der Waals surface area (Å²) < 4.78 is 34.5. The number of aromatic hydroxyl groups is 1. The molecule has 0 saturated carbocycles. The largest absolute Gasteiger partial charge is 0.506 e. The van der Waals surface area contributed by atoms with Gasteiger partial charge in [-0.25, -0.2) is 4.98 Å². The molecule has 30 heavy (non-hydrogen) atoms. The minimum atomic E-state index is -4.35. The van der Waals surface area contributed by atoms with Crippen molar-refractivity contribution in [2.45, 2.75) is 11.8 Å². The first kappa shape index (κ1) is 20.8. The predicted octanol–water partition coefficient (Wildman–Crippen LogP) is 6.24. The average molecular weight is 551 g/mol. The lowest BCUT2D eigenvalue weighted by molar-refractivity contribution is 0.476. The van der Waals surface area contributed by atoms with Gasteiger partial charge in [-0.05, 0) is 83.6 Å². The number of phenolic OH excluding ortho intramolecular Hbond substituents is 1. The topological polar surface area (TPSA) is 112 Å². The fourth-order valence-corrected chi connectivity index (χ4v) is 5.66. The van der Waals surface area contributed by atoms with Gasteiger partial charge in [0.1, 0.15) is 21.3 Å². The van der Waals surface area contributed by atoms with Crippen molar-refractivity contribution in [3.05, 3.63) is 63.7 Å². The van der Waals surface area contributed by atoms with Gasteiger partial charge >= 0.3 is 0 Å². The molecule has 4 aromatic rings. The summed E-state index contributed by atoms with van der Waals surface area (Å²) in [6.45, 7) is 1.63. The van der Waals surface area contributed by atoms with Crippen LogP contribution in [0.4, 0.5) is 11.4 Å². The van der Waals surface area contributed by atoms with E-state index in [0.29, 0.717) is 32.2 Å². The third-order valence-corrected chi connectivity index (χ3v) is 7.27. The van der Waals surface area contributed by atoms with Gasteiger partial charge < -0.3 is 5.11 Å². The summed E-state index contributed by atoms with van der Waals surface area (Å²) >= 11 is 3.33. The molecule has 1 aromatic heterocycles. The number of aryl methyl sites for hydroxylation is 1. The highest BCUT2D eigenvalue weighted by Crippen LogP contribution is 2.36. The minimum absolute atomic E-state index is 0.0511. The molecule has 7 nitrogen and oxygen atoms in total. The van der Waals surface area contributed by atoms with E-state index in [1.807, 2.05) is 0 Å². The van der Waals surface area contributed by atoms with Crippen LogP contribution in [0, 0.1) is 10.5 Å². The van der Waals surface area contributed by atoms with Crippen molar-refractivity contribution in [2.75, 3.05) is 0 Å². The van der Waals surface area contributed by atoms with Crippen molar-refractivity contribution in [2.24, 2.45) is 10.2 Å². The molecule has 4 rings (SSSR count). The van der Waals surface area contributed by atoms with Crippen molar-refractivity contribution >= 4 is 65.6 Å². The Morgan fingerprint density at radius 3 is 2.47 bits per heavy atom. The normalized spacial score (nSPS) is 12.1. The smallest absolute Gasteiger partial charge is 0.296 e. The molecule has 0 aliphatic rings. The Kier molecular flexibility index (Phi) is 5.57. The molecular weight excluding hydrogens is 537 g/mol. The van der Waals surface area contributed by atoms with Gasteiger partial charge in [-0.3, -0.25) is 4.55 Å². The molecule has 2 N–H and O–H groups in total.